The molecule has 0 atom stereocenters. The van der Waals surface area contributed by atoms with Crippen molar-refractivity contribution >= 4 is 163 Å². The molecule has 8 aliphatic heterocycles. The molecule has 0 bridgehead atoms. The van der Waals surface area contributed by atoms with Crippen molar-refractivity contribution in [2.24, 2.45) is 0 Å². The zero-order valence-electron chi connectivity index (χ0n) is 46.0. The fourth-order valence-electron chi connectivity index (χ4n) is 13.7. The van der Waals surface area contributed by atoms with E-state index in [1.54, 1.807) is 48.5 Å². The molecule has 0 aromatic heterocycles. The van der Waals surface area contributed by atoms with Gasteiger partial charge >= 0.3 is 0 Å². The molecule has 12 nitrogen and oxygen atoms in total. The molecule has 4 aromatic rings. The van der Waals surface area contributed by atoms with Crippen LogP contribution in [0.25, 0.3) is 21.5 Å². The van der Waals surface area contributed by atoms with Crippen molar-refractivity contribution in [1.29, 1.82) is 0 Å². The second kappa shape index (κ2) is 25.5. The average Bonchev–Trinajstić information content (AvgIpc) is 1.16. The molecule has 12 aliphatic rings. The zero-order valence-corrected chi connectivity index (χ0v) is 52.5. The van der Waals surface area contributed by atoms with Gasteiger partial charge in [0.1, 0.15) is 0 Å². The number of benzene rings is 4. The lowest BCUT2D eigenvalue weighted by molar-refractivity contribution is 0.0481. The van der Waals surface area contributed by atoms with Gasteiger partial charge in [-0.05, 0) is 143 Å². The molecular formula is C64H60N4O8S8. The largest absolute Gasteiger partial charge is 0.271 e. The highest BCUT2D eigenvalue weighted by Gasteiger charge is 2.46. The van der Waals surface area contributed by atoms with Crippen molar-refractivity contribution in [3.8, 4) is 0 Å². The van der Waals surface area contributed by atoms with Gasteiger partial charge in [0.2, 0.25) is 0 Å². The third kappa shape index (κ3) is 10.9. The SMILES string of the molecule is C1=CSC(=C2SC=CS2)S1.C1=CSC(=C2SC=CS2)S1.O=C1c2ccc3c4c(ccc(c24)C(=O)N1C1CCCCC1)C(=O)N(C1CCCCC1)C3=O.O=C1c2ccc3c4c(ccc(c24)C(=O)N1C1CCCCC1)C(=O)N(C1CCCCC1)C3=O. The number of hydrogen-bond acceptors (Lipinski definition) is 16. The standard InChI is InChI=1S/2C26H26N2O4.2C6H4S4/c2*29-23-17-11-13-19-22-20(26(32)28(25(19)31)16-9-5-2-6-10-16)14-12-18(21(17)22)24(30)27(23)15-7-3-1-4-8-15;2*1-2-8-5(7-1)6-9-3-4-10-6/h2*11-16H,1-10H2;2*1-4H. The van der Waals surface area contributed by atoms with E-state index in [4.69, 9.17) is 0 Å². The molecule has 8 amide bonds. The van der Waals surface area contributed by atoms with Crippen LogP contribution in [0.4, 0.5) is 0 Å². The van der Waals surface area contributed by atoms with Gasteiger partial charge in [-0.25, -0.2) is 0 Å². The first-order valence-electron chi connectivity index (χ1n) is 29.2. The molecule has 0 unspecified atom stereocenters. The van der Waals surface area contributed by atoms with Gasteiger partial charge in [-0.15, -0.1) is 0 Å². The summed E-state index contributed by atoms with van der Waals surface area (Å²) < 4.78 is 5.72. The predicted octanol–water partition coefficient (Wildman–Crippen LogP) is 17.4. The van der Waals surface area contributed by atoms with Crippen LogP contribution in [-0.4, -0.2) is 91.0 Å². The number of carbonyl (C=O) groups is 8. The highest BCUT2D eigenvalue weighted by Crippen LogP contribution is 2.52. The summed E-state index contributed by atoms with van der Waals surface area (Å²) in [6, 6.07) is 13.1. The Labute approximate surface area is 522 Å². The van der Waals surface area contributed by atoms with E-state index in [0.717, 1.165) is 128 Å². The van der Waals surface area contributed by atoms with E-state index in [0.29, 0.717) is 66.1 Å². The molecule has 0 spiro atoms. The molecule has 4 aromatic carbocycles. The Balaban J connectivity index is 0.000000118. The van der Waals surface area contributed by atoms with E-state index in [1.165, 1.54) is 36.5 Å². The van der Waals surface area contributed by atoms with Gasteiger partial charge in [0, 0.05) is 90.2 Å². The fourth-order valence-corrected chi connectivity index (χ4v) is 21.8. The smallest absolute Gasteiger partial charge is 0.261 e. The number of carbonyl (C=O) groups excluding carboxylic acids is 8. The maximum Gasteiger partial charge on any atom is 0.261 e. The molecule has 432 valence electrons. The molecular weight excluding hydrogens is 1210 g/mol. The minimum absolute atomic E-state index is 0.0794. The van der Waals surface area contributed by atoms with Gasteiger partial charge in [-0.3, -0.25) is 58.0 Å². The molecule has 8 heterocycles. The van der Waals surface area contributed by atoms with Crippen molar-refractivity contribution in [2.75, 3.05) is 0 Å². The summed E-state index contributed by atoms with van der Waals surface area (Å²) in [6.45, 7) is 0. The van der Waals surface area contributed by atoms with Gasteiger partial charge in [0.25, 0.3) is 47.3 Å². The number of imide groups is 4. The predicted molar refractivity (Wildman–Crippen MR) is 349 cm³/mol. The van der Waals surface area contributed by atoms with Gasteiger partial charge < -0.3 is 0 Å². The molecule has 4 saturated carbocycles. The summed E-state index contributed by atoms with van der Waals surface area (Å²) in [5.74, 6) is -2.39. The van der Waals surface area contributed by atoms with Gasteiger partial charge in [-0.1, -0.05) is 171 Å². The van der Waals surface area contributed by atoms with Crippen molar-refractivity contribution in [3.05, 3.63) is 153 Å². The van der Waals surface area contributed by atoms with Crippen molar-refractivity contribution in [2.45, 2.75) is 153 Å². The van der Waals surface area contributed by atoms with E-state index in [2.05, 4.69) is 43.3 Å². The molecule has 4 fully saturated rings. The molecule has 4 aliphatic carbocycles. The molecule has 20 heteroatoms. The van der Waals surface area contributed by atoms with Crippen LogP contribution >= 0.6 is 94.1 Å². The first-order chi connectivity index (χ1) is 41.1. The number of amides is 8. The first-order valence-corrected chi connectivity index (χ1v) is 36.3. The number of nitrogens with zero attached hydrogens (tertiary/aromatic N) is 4. The fraction of sp³-hybridized carbons (Fsp3) is 0.375. The van der Waals surface area contributed by atoms with Crippen molar-refractivity contribution in [3.63, 3.8) is 0 Å². The zero-order chi connectivity index (χ0) is 57.6. The van der Waals surface area contributed by atoms with Gasteiger partial charge in [0.15, 0.2) is 0 Å². The molecule has 16 rings (SSSR count). The molecule has 0 saturated heterocycles. The lowest BCUT2D eigenvalue weighted by Crippen LogP contribution is -2.49. The Morgan fingerprint density at radius 3 is 0.512 bits per heavy atom. The summed E-state index contributed by atoms with van der Waals surface area (Å²) in [5.41, 5.74) is 3.43. The van der Waals surface area contributed by atoms with Crippen LogP contribution in [0.1, 0.15) is 211 Å². The maximum atomic E-state index is 13.4. The Kier molecular flexibility index (Phi) is 17.7. The number of rotatable bonds is 4. The topological polar surface area (TPSA) is 150 Å². The summed E-state index contributed by atoms with van der Waals surface area (Å²) in [6.07, 6.45) is 19.3. The number of hydrogen-bond donors (Lipinski definition) is 0. The minimum Gasteiger partial charge on any atom is -0.271 e. The highest BCUT2D eigenvalue weighted by molar-refractivity contribution is 8.34. The van der Waals surface area contributed by atoms with Gasteiger partial charge in [0.05, 0.1) is 16.9 Å². The van der Waals surface area contributed by atoms with E-state index < -0.39 is 0 Å². The highest BCUT2D eigenvalue weighted by atomic mass is 32.2. The maximum absolute atomic E-state index is 13.4. The Hall–Kier alpha value is -4.80. The summed E-state index contributed by atoms with van der Waals surface area (Å²) in [7, 11) is 0. The van der Waals surface area contributed by atoms with Crippen molar-refractivity contribution < 1.29 is 38.4 Å². The quantitative estimate of drug-likeness (QED) is 0.178. The van der Waals surface area contributed by atoms with E-state index in [1.807, 2.05) is 94.1 Å². The van der Waals surface area contributed by atoms with Crippen LogP contribution in [0.5, 0.6) is 0 Å². The second-order valence-electron chi connectivity index (χ2n) is 22.4. The Morgan fingerprint density at radius 2 is 0.369 bits per heavy atom. The van der Waals surface area contributed by atoms with E-state index in [9.17, 15) is 38.4 Å². The van der Waals surface area contributed by atoms with E-state index in [-0.39, 0.29) is 71.4 Å². The van der Waals surface area contributed by atoms with Crippen molar-refractivity contribution in [1.82, 2.24) is 19.6 Å². The van der Waals surface area contributed by atoms with Crippen LogP contribution in [-0.2, 0) is 0 Å². The summed E-state index contributed by atoms with van der Waals surface area (Å²) in [5, 5.41) is 19.0. The lowest BCUT2D eigenvalue weighted by Gasteiger charge is -2.38. The molecule has 0 radical (unpaired) electrons. The average molecular weight is 1270 g/mol. The van der Waals surface area contributed by atoms with Crippen LogP contribution in [0.3, 0.4) is 0 Å². The summed E-state index contributed by atoms with van der Waals surface area (Å²) in [4.78, 5) is 113. The normalized spacial score (nSPS) is 22.5. The monoisotopic (exact) mass is 1270 g/mol. The Bertz CT molecular complexity index is 3030. The van der Waals surface area contributed by atoms with Crippen LogP contribution in [0, 0.1) is 0 Å². The molecule has 84 heavy (non-hydrogen) atoms. The lowest BCUT2D eigenvalue weighted by atomic mass is 9.83. The van der Waals surface area contributed by atoms with Crippen LogP contribution < -0.4 is 0 Å². The summed E-state index contributed by atoms with van der Waals surface area (Å²) >= 11 is 14.6. The number of thioether (sulfide) groups is 8. The Morgan fingerprint density at radius 1 is 0.226 bits per heavy atom. The van der Waals surface area contributed by atoms with Crippen LogP contribution in [0.15, 0.2) is 109 Å². The first kappa shape index (κ1) is 58.2. The molecule has 0 N–H and O–H groups in total. The van der Waals surface area contributed by atoms with Gasteiger partial charge in [-0.2, -0.15) is 0 Å². The third-order valence-electron chi connectivity index (χ3n) is 17.6. The second-order valence-corrected chi connectivity index (χ2v) is 30.8. The third-order valence-corrected chi connectivity index (χ3v) is 27.2. The van der Waals surface area contributed by atoms with E-state index >= 15 is 0 Å². The minimum atomic E-state index is -0.298. The van der Waals surface area contributed by atoms with Crippen LogP contribution in [0.2, 0.25) is 0 Å².